The number of likely N-dealkylation sites (tertiary alicyclic amines) is 1. The van der Waals surface area contributed by atoms with E-state index in [1.165, 1.54) is 19.3 Å². The SMILES string of the molecule is CCCNC(=O)N1CCC2(CCCC2N)CC1. The fourth-order valence-corrected chi connectivity index (χ4v) is 3.29. The number of urea groups is 1. The lowest BCUT2D eigenvalue weighted by Crippen LogP contribution is -2.51. The van der Waals surface area contributed by atoms with Crippen LogP contribution < -0.4 is 11.1 Å². The molecule has 2 rings (SSSR count). The van der Waals surface area contributed by atoms with Gasteiger partial charge in [-0.05, 0) is 37.5 Å². The van der Waals surface area contributed by atoms with Crippen molar-refractivity contribution >= 4 is 6.03 Å². The highest BCUT2D eigenvalue weighted by Crippen LogP contribution is 2.45. The number of rotatable bonds is 2. The molecule has 1 atom stereocenters. The van der Waals surface area contributed by atoms with Crippen molar-refractivity contribution in [2.45, 2.75) is 51.5 Å². The number of amides is 2. The molecule has 0 bridgehead atoms. The summed E-state index contributed by atoms with van der Waals surface area (Å²) >= 11 is 0. The second-order valence-corrected chi connectivity index (χ2v) is 5.58. The van der Waals surface area contributed by atoms with E-state index in [2.05, 4.69) is 12.2 Å². The Labute approximate surface area is 104 Å². The van der Waals surface area contributed by atoms with Crippen LogP contribution in [0.25, 0.3) is 0 Å². The predicted octanol–water partition coefficient (Wildman–Crippen LogP) is 1.70. The largest absolute Gasteiger partial charge is 0.338 e. The molecule has 1 aliphatic carbocycles. The summed E-state index contributed by atoms with van der Waals surface area (Å²) in [5.74, 6) is 0. The standard InChI is InChI=1S/C13H25N3O/c1-2-8-15-12(17)16-9-6-13(7-10-16)5-3-4-11(13)14/h11H,2-10,14H2,1H3,(H,15,17). The van der Waals surface area contributed by atoms with Crippen molar-refractivity contribution in [3.63, 3.8) is 0 Å². The van der Waals surface area contributed by atoms with Crippen molar-refractivity contribution in [2.24, 2.45) is 11.1 Å². The number of nitrogens with one attached hydrogen (secondary N) is 1. The summed E-state index contributed by atoms with van der Waals surface area (Å²) in [5, 5.41) is 2.95. The van der Waals surface area contributed by atoms with Gasteiger partial charge in [0.05, 0.1) is 0 Å². The molecule has 4 nitrogen and oxygen atoms in total. The zero-order valence-corrected chi connectivity index (χ0v) is 10.9. The van der Waals surface area contributed by atoms with E-state index in [4.69, 9.17) is 5.73 Å². The van der Waals surface area contributed by atoms with Crippen molar-refractivity contribution < 1.29 is 4.79 Å². The minimum atomic E-state index is 0.105. The lowest BCUT2D eigenvalue weighted by atomic mass is 9.74. The summed E-state index contributed by atoms with van der Waals surface area (Å²) in [6, 6.07) is 0.469. The molecule has 17 heavy (non-hydrogen) atoms. The van der Waals surface area contributed by atoms with Crippen LogP contribution in [0.5, 0.6) is 0 Å². The minimum absolute atomic E-state index is 0.105. The number of nitrogens with zero attached hydrogens (tertiary/aromatic N) is 1. The Bertz CT molecular complexity index is 272. The normalized spacial score (nSPS) is 27.4. The maximum atomic E-state index is 11.8. The molecule has 3 N–H and O–H groups in total. The van der Waals surface area contributed by atoms with Crippen LogP contribution >= 0.6 is 0 Å². The summed E-state index contributed by atoms with van der Waals surface area (Å²) in [6.45, 7) is 4.61. The fraction of sp³-hybridized carbons (Fsp3) is 0.923. The summed E-state index contributed by atoms with van der Waals surface area (Å²) in [5.41, 5.74) is 6.58. The lowest BCUT2D eigenvalue weighted by Gasteiger charge is -2.42. The molecule has 4 heteroatoms. The van der Waals surface area contributed by atoms with Gasteiger partial charge in [-0.2, -0.15) is 0 Å². The first kappa shape index (κ1) is 12.7. The third-order valence-corrected chi connectivity index (χ3v) is 4.55. The van der Waals surface area contributed by atoms with Gasteiger partial charge in [0.1, 0.15) is 0 Å². The smallest absolute Gasteiger partial charge is 0.317 e. The van der Waals surface area contributed by atoms with Crippen LogP contribution in [0.3, 0.4) is 0 Å². The van der Waals surface area contributed by atoms with E-state index in [-0.39, 0.29) is 6.03 Å². The summed E-state index contributed by atoms with van der Waals surface area (Å²) in [7, 11) is 0. The van der Waals surface area contributed by atoms with E-state index in [0.717, 1.165) is 38.9 Å². The Morgan fingerprint density at radius 1 is 1.41 bits per heavy atom. The highest BCUT2D eigenvalue weighted by Gasteiger charge is 2.43. The van der Waals surface area contributed by atoms with E-state index in [1.807, 2.05) is 4.90 Å². The molecule has 0 radical (unpaired) electrons. The second kappa shape index (κ2) is 5.25. The van der Waals surface area contributed by atoms with Crippen LogP contribution in [-0.4, -0.2) is 36.6 Å². The quantitative estimate of drug-likeness (QED) is 0.770. The Balaban J connectivity index is 1.83. The molecule has 2 amide bonds. The topological polar surface area (TPSA) is 58.4 Å². The zero-order valence-electron chi connectivity index (χ0n) is 10.9. The van der Waals surface area contributed by atoms with E-state index in [1.54, 1.807) is 0 Å². The molecule has 0 aromatic carbocycles. The number of hydrogen-bond donors (Lipinski definition) is 2. The lowest BCUT2D eigenvalue weighted by molar-refractivity contribution is 0.108. The Hall–Kier alpha value is -0.770. The maximum absolute atomic E-state index is 11.8. The van der Waals surface area contributed by atoms with E-state index < -0.39 is 0 Å². The Morgan fingerprint density at radius 2 is 2.12 bits per heavy atom. The van der Waals surface area contributed by atoms with Gasteiger partial charge in [0, 0.05) is 25.7 Å². The third kappa shape index (κ3) is 2.57. The number of nitrogens with two attached hydrogens (primary N) is 1. The van der Waals surface area contributed by atoms with Gasteiger partial charge >= 0.3 is 6.03 Å². The summed E-state index contributed by atoms with van der Waals surface area (Å²) < 4.78 is 0. The highest BCUT2D eigenvalue weighted by atomic mass is 16.2. The number of carbonyl (C=O) groups excluding carboxylic acids is 1. The molecule has 0 aromatic heterocycles. The van der Waals surface area contributed by atoms with Gasteiger partial charge < -0.3 is 16.0 Å². The van der Waals surface area contributed by atoms with Crippen molar-refractivity contribution in [3.05, 3.63) is 0 Å². The molecule has 1 spiro atoms. The maximum Gasteiger partial charge on any atom is 0.317 e. The first-order valence-electron chi connectivity index (χ1n) is 6.96. The van der Waals surface area contributed by atoms with Crippen molar-refractivity contribution in [3.8, 4) is 0 Å². The molecular weight excluding hydrogens is 214 g/mol. The molecule has 0 aromatic rings. The molecule has 1 aliphatic heterocycles. The third-order valence-electron chi connectivity index (χ3n) is 4.55. The number of piperidine rings is 1. The first-order valence-corrected chi connectivity index (χ1v) is 6.96. The van der Waals surface area contributed by atoms with Crippen molar-refractivity contribution in [1.29, 1.82) is 0 Å². The summed E-state index contributed by atoms with van der Waals surface area (Å²) in [4.78, 5) is 13.8. The molecule has 1 saturated heterocycles. The fourth-order valence-electron chi connectivity index (χ4n) is 3.29. The molecule has 1 unspecified atom stereocenters. The zero-order chi connectivity index (χ0) is 12.3. The molecular formula is C13H25N3O. The van der Waals surface area contributed by atoms with Crippen molar-refractivity contribution in [2.75, 3.05) is 19.6 Å². The van der Waals surface area contributed by atoms with Gasteiger partial charge in [0.15, 0.2) is 0 Å². The highest BCUT2D eigenvalue weighted by molar-refractivity contribution is 5.74. The Kier molecular flexibility index (Phi) is 3.92. The van der Waals surface area contributed by atoms with Gasteiger partial charge in [-0.15, -0.1) is 0 Å². The second-order valence-electron chi connectivity index (χ2n) is 5.58. The monoisotopic (exact) mass is 239 g/mol. The average Bonchev–Trinajstić information content (AvgIpc) is 2.69. The van der Waals surface area contributed by atoms with E-state index in [9.17, 15) is 4.79 Å². The predicted molar refractivity (Wildman–Crippen MR) is 68.8 cm³/mol. The van der Waals surface area contributed by atoms with Gasteiger partial charge in [-0.3, -0.25) is 0 Å². The average molecular weight is 239 g/mol. The summed E-state index contributed by atoms with van der Waals surface area (Å²) in [6.07, 6.45) is 6.87. The van der Waals surface area contributed by atoms with Gasteiger partial charge in [-0.1, -0.05) is 13.3 Å². The van der Waals surface area contributed by atoms with Crippen LogP contribution in [0.4, 0.5) is 4.79 Å². The van der Waals surface area contributed by atoms with Gasteiger partial charge in [0.2, 0.25) is 0 Å². The van der Waals surface area contributed by atoms with E-state index >= 15 is 0 Å². The van der Waals surface area contributed by atoms with Crippen molar-refractivity contribution in [1.82, 2.24) is 10.2 Å². The van der Waals surface area contributed by atoms with Crippen LogP contribution in [0.15, 0.2) is 0 Å². The molecule has 1 saturated carbocycles. The van der Waals surface area contributed by atoms with Crippen LogP contribution in [-0.2, 0) is 0 Å². The van der Waals surface area contributed by atoms with Crippen LogP contribution in [0, 0.1) is 5.41 Å². The van der Waals surface area contributed by atoms with Gasteiger partial charge in [0.25, 0.3) is 0 Å². The molecule has 98 valence electrons. The van der Waals surface area contributed by atoms with Gasteiger partial charge in [-0.25, -0.2) is 4.79 Å². The molecule has 1 heterocycles. The van der Waals surface area contributed by atoms with Crippen LogP contribution in [0.2, 0.25) is 0 Å². The number of hydrogen-bond acceptors (Lipinski definition) is 2. The van der Waals surface area contributed by atoms with E-state index in [0.29, 0.717) is 11.5 Å². The first-order chi connectivity index (χ1) is 8.18. The Morgan fingerprint density at radius 3 is 2.65 bits per heavy atom. The molecule has 2 aliphatic rings. The minimum Gasteiger partial charge on any atom is -0.338 e. The van der Waals surface area contributed by atoms with Crippen LogP contribution in [0.1, 0.15) is 45.4 Å². The molecule has 2 fully saturated rings. The number of carbonyl (C=O) groups is 1.